The lowest BCUT2D eigenvalue weighted by molar-refractivity contribution is -0.112. The number of hydrogen-bond donors (Lipinski definition) is 1. The van der Waals surface area contributed by atoms with Crippen molar-refractivity contribution >= 4 is 0 Å². The molecule has 108 valence electrons. The number of alkyl halides is 2. The minimum Gasteiger partial charge on any atom is -0.384 e. The molecule has 0 radical (unpaired) electrons. The first-order valence-corrected chi connectivity index (χ1v) is 6.93. The summed E-state index contributed by atoms with van der Waals surface area (Å²) < 4.78 is 26.0. The van der Waals surface area contributed by atoms with Crippen LogP contribution >= 0.6 is 0 Å². The Morgan fingerprint density at radius 1 is 1.11 bits per heavy atom. The number of hydrogen-bond acceptors (Lipinski definition) is 1. The highest BCUT2D eigenvalue weighted by atomic mass is 19.3. The van der Waals surface area contributed by atoms with Crippen molar-refractivity contribution in [2.24, 2.45) is 11.8 Å². The van der Waals surface area contributed by atoms with Crippen LogP contribution < -0.4 is 0 Å². The SMILES string of the molecule is CCCc1ccc(C(O)(C(C)C)C(C)C(F)F)cc1. The van der Waals surface area contributed by atoms with Gasteiger partial charge in [0.1, 0.15) is 0 Å². The zero-order chi connectivity index (χ0) is 14.6. The Hall–Kier alpha value is -0.960. The summed E-state index contributed by atoms with van der Waals surface area (Å²) in [6.07, 6.45) is -0.533. The second kappa shape index (κ2) is 6.47. The number of aliphatic hydroxyl groups is 1. The van der Waals surface area contributed by atoms with E-state index < -0.39 is 17.9 Å². The van der Waals surface area contributed by atoms with Gasteiger partial charge in [0.25, 0.3) is 0 Å². The second-order valence-electron chi connectivity index (χ2n) is 5.55. The third-order valence-electron chi connectivity index (χ3n) is 3.91. The summed E-state index contributed by atoms with van der Waals surface area (Å²) in [4.78, 5) is 0. The second-order valence-corrected chi connectivity index (χ2v) is 5.55. The van der Waals surface area contributed by atoms with E-state index in [2.05, 4.69) is 6.92 Å². The minimum atomic E-state index is -2.54. The van der Waals surface area contributed by atoms with E-state index in [1.54, 1.807) is 26.0 Å². The number of halogens is 2. The van der Waals surface area contributed by atoms with Crippen molar-refractivity contribution < 1.29 is 13.9 Å². The van der Waals surface area contributed by atoms with Crippen molar-refractivity contribution in [2.75, 3.05) is 0 Å². The Morgan fingerprint density at radius 2 is 1.63 bits per heavy atom. The van der Waals surface area contributed by atoms with Gasteiger partial charge in [0.05, 0.1) is 11.5 Å². The molecule has 0 aliphatic heterocycles. The largest absolute Gasteiger partial charge is 0.384 e. The van der Waals surface area contributed by atoms with Crippen LogP contribution in [-0.4, -0.2) is 11.5 Å². The summed E-state index contributed by atoms with van der Waals surface area (Å²) in [5.74, 6) is -1.36. The molecule has 0 saturated heterocycles. The highest BCUT2D eigenvalue weighted by Gasteiger charge is 2.43. The molecular weight excluding hydrogens is 246 g/mol. The van der Waals surface area contributed by atoms with E-state index in [9.17, 15) is 13.9 Å². The van der Waals surface area contributed by atoms with Gasteiger partial charge < -0.3 is 5.11 Å². The molecular formula is C16H24F2O. The molecule has 1 aromatic rings. The molecule has 0 aliphatic rings. The molecule has 1 N–H and O–H groups in total. The molecule has 0 amide bonds. The van der Waals surface area contributed by atoms with Gasteiger partial charge in [-0.25, -0.2) is 8.78 Å². The van der Waals surface area contributed by atoms with Gasteiger partial charge in [-0.1, -0.05) is 58.4 Å². The Morgan fingerprint density at radius 3 is 2.00 bits per heavy atom. The molecule has 19 heavy (non-hydrogen) atoms. The highest BCUT2D eigenvalue weighted by Crippen LogP contribution is 2.39. The molecule has 0 spiro atoms. The van der Waals surface area contributed by atoms with E-state index in [-0.39, 0.29) is 5.92 Å². The van der Waals surface area contributed by atoms with Crippen LogP contribution in [0.5, 0.6) is 0 Å². The molecule has 1 aromatic carbocycles. The summed E-state index contributed by atoms with van der Waals surface area (Å²) in [7, 11) is 0. The van der Waals surface area contributed by atoms with Crippen molar-refractivity contribution in [2.45, 2.75) is 52.6 Å². The molecule has 0 saturated carbocycles. The van der Waals surface area contributed by atoms with Gasteiger partial charge in [-0.3, -0.25) is 0 Å². The van der Waals surface area contributed by atoms with E-state index in [0.29, 0.717) is 5.56 Å². The van der Waals surface area contributed by atoms with E-state index in [1.807, 2.05) is 12.1 Å². The lowest BCUT2D eigenvalue weighted by atomic mass is 9.74. The normalized spacial score (nSPS) is 16.7. The summed E-state index contributed by atoms with van der Waals surface area (Å²) in [6, 6.07) is 7.41. The standard InChI is InChI=1S/C16H24F2O/c1-5-6-13-7-9-14(10-8-13)16(19,11(2)3)12(4)15(17)18/h7-12,15,19H,5-6H2,1-4H3. The maximum atomic E-state index is 13.0. The predicted molar refractivity (Wildman–Crippen MR) is 74.3 cm³/mol. The first kappa shape index (κ1) is 16.1. The van der Waals surface area contributed by atoms with Gasteiger partial charge in [-0.05, 0) is 23.5 Å². The summed E-state index contributed by atoms with van der Waals surface area (Å²) in [5.41, 5.74) is 0.260. The fraction of sp³-hybridized carbons (Fsp3) is 0.625. The molecule has 2 atom stereocenters. The summed E-state index contributed by atoms with van der Waals surface area (Å²) >= 11 is 0. The topological polar surface area (TPSA) is 20.2 Å². The van der Waals surface area contributed by atoms with Crippen LogP contribution in [0.25, 0.3) is 0 Å². The average molecular weight is 270 g/mol. The molecule has 1 rings (SSSR count). The smallest absolute Gasteiger partial charge is 0.244 e. The van der Waals surface area contributed by atoms with Crippen molar-refractivity contribution in [3.63, 3.8) is 0 Å². The number of benzene rings is 1. The van der Waals surface area contributed by atoms with E-state index in [0.717, 1.165) is 12.8 Å². The highest BCUT2D eigenvalue weighted by molar-refractivity contribution is 5.28. The summed E-state index contributed by atoms with van der Waals surface area (Å²) in [6.45, 7) is 7.06. The lowest BCUT2D eigenvalue weighted by Crippen LogP contribution is -2.42. The van der Waals surface area contributed by atoms with Crippen LogP contribution in [0.4, 0.5) is 8.78 Å². The molecule has 0 heterocycles. The molecule has 2 unspecified atom stereocenters. The zero-order valence-electron chi connectivity index (χ0n) is 12.2. The van der Waals surface area contributed by atoms with Crippen molar-refractivity contribution in [1.82, 2.24) is 0 Å². The van der Waals surface area contributed by atoms with Crippen molar-refractivity contribution in [3.05, 3.63) is 35.4 Å². The van der Waals surface area contributed by atoms with Crippen LogP contribution in [0.3, 0.4) is 0 Å². The van der Waals surface area contributed by atoms with Crippen LogP contribution in [-0.2, 0) is 12.0 Å². The molecule has 0 fully saturated rings. The molecule has 0 aromatic heterocycles. The van der Waals surface area contributed by atoms with Crippen molar-refractivity contribution in [1.29, 1.82) is 0 Å². The van der Waals surface area contributed by atoms with Gasteiger partial charge in [-0.15, -0.1) is 0 Å². The van der Waals surface area contributed by atoms with Crippen LogP contribution in [0, 0.1) is 11.8 Å². The third kappa shape index (κ3) is 3.33. The van der Waals surface area contributed by atoms with Gasteiger partial charge in [-0.2, -0.15) is 0 Å². The van der Waals surface area contributed by atoms with Crippen LogP contribution in [0.2, 0.25) is 0 Å². The number of rotatable bonds is 6. The molecule has 3 heteroatoms. The maximum Gasteiger partial charge on any atom is 0.244 e. The molecule has 0 aliphatic carbocycles. The van der Waals surface area contributed by atoms with Gasteiger partial charge in [0.15, 0.2) is 0 Å². The molecule has 1 nitrogen and oxygen atoms in total. The predicted octanol–water partition coefficient (Wildman–Crippen LogP) is 4.38. The average Bonchev–Trinajstić information content (AvgIpc) is 2.37. The van der Waals surface area contributed by atoms with Gasteiger partial charge in [0.2, 0.25) is 6.43 Å². The van der Waals surface area contributed by atoms with E-state index in [4.69, 9.17) is 0 Å². The van der Waals surface area contributed by atoms with Gasteiger partial charge >= 0.3 is 0 Å². The number of aryl methyl sites for hydroxylation is 1. The lowest BCUT2D eigenvalue weighted by Gasteiger charge is -2.38. The first-order chi connectivity index (χ1) is 8.83. The minimum absolute atomic E-state index is 0.270. The quantitative estimate of drug-likeness (QED) is 0.813. The monoisotopic (exact) mass is 270 g/mol. The Labute approximate surface area is 114 Å². The van der Waals surface area contributed by atoms with E-state index >= 15 is 0 Å². The Bertz CT molecular complexity index is 386. The van der Waals surface area contributed by atoms with Crippen LogP contribution in [0.1, 0.15) is 45.2 Å². The van der Waals surface area contributed by atoms with Crippen molar-refractivity contribution in [3.8, 4) is 0 Å². The fourth-order valence-electron chi connectivity index (χ4n) is 2.54. The Kier molecular flexibility index (Phi) is 5.48. The van der Waals surface area contributed by atoms with Crippen LogP contribution in [0.15, 0.2) is 24.3 Å². The zero-order valence-corrected chi connectivity index (χ0v) is 12.2. The third-order valence-corrected chi connectivity index (χ3v) is 3.91. The Balaban J connectivity index is 3.12. The van der Waals surface area contributed by atoms with E-state index in [1.165, 1.54) is 12.5 Å². The fourth-order valence-corrected chi connectivity index (χ4v) is 2.54. The first-order valence-electron chi connectivity index (χ1n) is 6.93. The summed E-state index contributed by atoms with van der Waals surface area (Å²) in [5, 5.41) is 10.7. The maximum absolute atomic E-state index is 13.0. The van der Waals surface area contributed by atoms with Gasteiger partial charge in [0, 0.05) is 0 Å². The molecule has 0 bridgehead atoms.